The summed E-state index contributed by atoms with van der Waals surface area (Å²) < 4.78 is 30.8. The maximum Gasteiger partial charge on any atom is 1.00 e. The van der Waals surface area contributed by atoms with Crippen molar-refractivity contribution in [1.82, 2.24) is 0 Å². The molecule has 0 spiro atoms. The van der Waals surface area contributed by atoms with Crippen LogP contribution in [0.2, 0.25) is 0 Å². The second-order valence-electron chi connectivity index (χ2n) is 6.02. The quantitative estimate of drug-likeness (QED) is 0.459. The van der Waals surface area contributed by atoms with Crippen LogP contribution in [0.1, 0.15) is 19.5 Å². The van der Waals surface area contributed by atoms with E-state index in [4.69, 9.17) is 13.6 Å². The molecular formula is C21H23Li2O4P. The minimum atomic E-state index is -3.97. The zero-order valence-electron chi connectivity index (χ0n) is 19.0. The van der Waals surface area contributed by atoms with Crippen molar-refractivity contribution in [1.29, 1.82) is 0 Å². The number of para-hydroxylation sites is 3. The van der Waals surface area contributed by atoms with E-state index in [2.05, 4.69) is 0 Å². The molecular weight excluding hydrogens is 361 g/mol. The molecule has 4 nitrogen and oxygen atoms in total. The van der Waals surface area contributed by atoms with E-state index in [9.17, 15) is 4.57 Å². The van der Waals surface area contributed by atoms with Crippen molar-refractivity contribution < 1.29 is 58.7 Å². The summed E-state index contributed by atoms with van der Waals surface area (Å²) in [5.41, 5.74) is 2.53. The summed E-state index contributed by atoms with van der Waals surface area (Å²) in [6.07, 6.45) is 0. The zero-order valence-corrected chi connectivity index (χ0v) is 17.9. The molecule has 28 heavy (non-hydrogen) atoms. The predicted molar refractivity (Wildman–Crippen MR) is 105 cm³/mol. The van der Waals surface area contributed by atoms with Crippen LogP contribution in [0.4, 0.5) is 0 Å². The molecule has 3 aromatic rings. The molecule has 0 aromatic heterocycles. The fourth-order valence-electron chi connectivity index (χ4n) is 2.39. The first kappa shape index (κ1) is 24.5. The molecule has 0 heterocycles. The molecule has 0 aliphatic rings. The smallest absolute Gasteiger partial charge is 1.00 e. The van der Waals surface area contributed by atoms with Crippen molar-refractivity contribution in [2.45, 2.75) is 20.8 Å². The molecule has 3 aromatic carbocycles. The van der Waals surface area contributed by atoms with Crippen LogP contribution in [0, 0.1) is 20.8 Å². The molecule has 0 aliphatic carbocycles. The van der Waals surface area contributed by atoms with Gasteiger partial charge in [-0.3, -0.25) is 0 Å². The van der Waals surface area contributed by atoms with E-state index in [1.165, 1.54) is 0 Å². The third kappa shape index (κ3) is 6.25. The standard InChI is InChI=1S/C21H21O4P.2Li.2H/c1-16-10-4-7-13-19(16)23-26(22,24-20-14-8-5-11-17(20)2)25-21-15-9-6-12-18(21)3;;;;/h4-15H,1-3H3;;;;/q;2*+1;2*-1. The molecule has 0 bridgehead atoms. The fourth-order valence-corrected chi connectivity index (χ4v) is 3.84. The van der Waals surface area contributed by atoms with Crippen LogP contribution in [0.3, 0.4) is 0 Å². The Bertz CT molecular complexity index is 851. The molecule has 0 unspecified atom stereocenters. The first-order valence-corrected chi connectivity index (χ1v) is 9.79. The number of aryl methyl sites for hydroxylation is 3. The van der Waals surface area contributed by atoms with E-state index in [0.717, 1.165) is 16.7 Å². The van der Waals surface area contributed by atoms with E-state index in [0.29, 0.717) is 17.2 Å². The first-order chi connectivity index (χ1) is 12.5. The van der Waals surface area contributed by atoms with Gasteiger partial charge in [0.1, 0.15) is 17.2 Å². The molecule has 3 rings (SSSR count). The van der Waals surface area contributed by atoms with Crippen molar-refractivity contribution in [2.24, 2.45) is 0 Å². The topological polar surface area (TPSA) is 44.8 Å². The molecule has 138 valence electrons. The zero-order chi connectivity index (χ0) is 18.6. The second-order valence-corrected chi connectivity index (χ2v) is 7.46. The van der Waals surface area contributed by atoms with Crippen LogP contribution in [-0.2, 0) is 4.57 Å². The number of rotatable bonds is 6. The van der Waals surface area contributed by atoms with E-state index < -0.39 is 7.82 Å². The van der Waals surface area contributed by atoms with Gasteiger partial charge in [-0.2, -0.15) is 4.57 Å². The van der Waals surface area contributed by atoms with Gasteiger partial charge in [0.15, 0.2) is 0 Å². The first-order valence-electron chi connectivity index (χ1n) is 8.32. The third-order valence-corrected chi connectivity index (χ3v) is 5.17. The summed E-state index contributed by atoms with van der Waals surface area (Å²) in [6, 6.07) is 22.0. The van der Waals surface area contributed by atoms with Gasteiger partial charge in [0.05, 0.1) is 0 Å². The van der Waals surface area contributed by atoms with Crippen LogP contribution in [0.5, 0.6) is 17.2 Å². The monoisotopic (exact) mass is 384 g/mol. The van der Waals surface area contributed by atoms with Gasteiger partial charge in [0.2, 0.25) is 0 Å². The van der Waals surface area contributed by atoms with Gasteiger partial charge < -0.3 is 16.4 Å². The summed E-state index contributed by atoms with van der Waals surface area (Å²) in [6.45, 7) is 5.63. The Balaban J connectivity index is 0. The summed E-state index contributed by atoms with van der Waals surface area (Å²) in [7, 11) is -3.97. The van der Waals surface area contributed by atoms with Crippen molar-refractivity contribution >= 4 is 7.82 Å². The Hall–Kier alpha value is -1.52. The number of phosphoric ester groups is 1. The minimum Gasteiger partial charge on any atom is -1.00 e. The van der Waals surface area contributed by atoms with Crippen LogP contribution in [0.25, 0.3) is 0 Å². The number of hydrogen-bond acceptors (Lipinski definition) is 4. The van der Waals surface area contributed by atoms with Crippen molar-refractivity contribution in [3.8, 4) is 17.2 Å². The molecule has 0 saturated carbocycles. The number of hydrogen-bond donors (Lipinski definition) is 0. The van der Waals surface area contributed by atoms with Gasteiger partial charge in [-0.15, -0.1) is 0 Å². The Morgan fingerprint density at radius 1 is 0.571 bits per heavy atom. The molecule has 0 saturated heterocycles. The Morgan fingerprint density at radius 3 is 1.07 bits per heavy atom. The number of phosphoric acid groups is 1. The van der Waals surface area contributed by atoms with E-state index in [-0.39, 0.29) is 40.6 Å². The summed E-state index contributed by atoms with van der Waals surface area (Å²) in [5.74, 6) is 1.37. The molecule has 0 fully saturated rings. The minimum absolute atomic E-state index is 0. The Labute approximate surface area is 193 Å². The Kier molecular flexibility index (Phi) is 9.52. The largest absolute Gasteiger partial charge is 1.00 e. The van der Waals surface area contributed by atoms with E-state index in [1.54, 1.807) is 18.2 Å². The van der Waals surface area contributed by atoms with Crippen LogP contribution < -0.4 is 51.3 Å². The number of benzene rings is 3. The normalized spacial score (nSPS) is 10.2. The van der Waals surface area contributed by atoms with Crippen molar-refractivity contribution in [3.05, 3.63) is 89.5 Å². The summed E-state index contributed by atoms with van der Waals surface area (Å²) in [4.78, 5) is 0. The van der Waals surface area contributed by atoms with Crippen molar-refractivity contribution in [3.63, 3.8) is 0 Å². The summed E-state index contributed by atoms with van der Waals surface area (Å²) >= 11 is 0. The van der Waals surface area contributed by atoms with Crippen LogP contribution >= 0.6 is 7.82 Å². The molecule has 7 heteroatoms. The van der Waals surface area contributed by atoms with Gasteiger partial charge in [0.25, 0.3) is 0 Å². The van der Waals surface area contributed by atoms with Crippen LogP contribution in [-0.4, -0.2) is 0 Å². The van der Waals surface area contributed by atoms with E-state index in [1.807, 2.05) is 75.4 Å². The van der Waals surface area contributed by atoms with Crippen LogP contribution in [0.15, 0.2) is 72.8 Å². The molecule has 0 aliphatic heterocycles. The Morgan fingerprint density at radius 2 is 0.821 bits per heavy atom. The fraction of sp³-hybridized carbons (Fsp3) is 0.143. The van der Waals surface area contributed by atoms with Gasteiger partial charge >= 0.3 is 45.5 Å². The van der Waals surface area contributed by atoms with E-state index >= 15 is 0 Å². The van der Waals surface area contributed by atoms with Crippen molar-refractivity contribution in [2.75, 3.05) is 0 Å². The van der Waals surface area contributed by atoms with Gasteiger partial charge in [-0.1, -0.05) is 54.6 Å². The summed E-state index contributed by atoms with van der Waals surface area (Å²) in [5, 5.41) is 0. The molecule has 0 N–H and O–H groups in total. The average molecular weight is 384 g/mol. The SMILES string of the molecule is Cc1ccccc1OP(=O)(Oc1ccccc1C)Oc1ccccc1C.[H-].[H-].[Li+].[Li+]. The second kappa shape index (κ2) is 10.9. The maximum atomic E-state index is 13.5. The maximum absolute atomic E-state index is 13.5. The van der Waals surface area contributed by atoms with Gasteiger partial charge in [-0.05, 0) is 55.7 Å². The van der Waals surface area contributed by atoms with Gasteiger partial charge in [0, 0.05) is 0 Å². The molecule has 0 radical (unpaired) electrons. The molecule has 0 amide bonds. The third-order valence-electron chi connectivity index (χ3n) is 3.91. The average Bonchev–Trinajstić information content (AvgIpc) is 2.61. The predicted octanol–water partition coefficient (Wildman–Crippen LogP) is 0.490. The molecule has 0 atom stereocenters. The van der Waals surface area contributed by atoms with Gasteiger partial charge in [-0.25, -0.2) is 0 Å².